The highest BCUT2D eigenvalue weighted by Crippen LogP contribution is 2.33. The van der Waals surface area contributed by atoms with Crippen LogP contribution in [0.3, 0.4) is 0 Å². The molecule has 2 heterocycles. The van der Waals surface area contributed by atoms with Gasteiger partial charge < -0.3 is 10.6 Å². The van der Waals surface area contributed by atoms with Gasteiger partial charge in [0.25, 0.3) is 5.91 Å². The fraction of sp³-hybridized carbons (Fsp3) is 0.474. The summed E-state index contributed by atoms with van der Waals surface area (Å²) >= 11 is 0. The highest BCUT2D eigenvalue weighted by molar-refractivity contribution is 6.00. The number of nitrogens with one attached hydrogen (secondary N) is 2. The number of amides is 1. The van der Waals surface area contributed by atoms with E-state index in [1.807, 2.05) is 22.9 Å². The number of rotatable bonds is 4. The zero-order chi connectivity index (χ0) is 16.5. The van der Waals surface area contributed by atoms with Crippen molar-refractivity contribution in [3.8, 4) is 0 Å². The minimum Gasteiger partial charge on any atom is -0.361 e. The molecule has 1 amide bonds. The number of anilines is 1. The van der Waals surface area contributed by atoms with Crippen LogP contribution in [0.1, 0.15) is 60.3 Å². The summed E-state index contributed by atoms with van der Waals surface area (Å²) in [6.45, 7) is 2.82. The maximum absolute atomic E-state index is 12.8. The van der Waals surface area contributed by atoms with Gasteiger partial charge in [0.1, 0.15) is 11.4 Å². The van der Waals surface area contributed by atoms with Crippen molar-refractivity contribution < 1.29 is 4.79 Å². The predicted molar refractivity (Wildman–Crippen MR) is 94.1 cm³/mol. The van der Waals surface area contributed by atoms with Gasteiger partial charge in [0.2, 0.25) is 0 Å². The number of carbonyl (C=O) groups excluding carboxylic acids is 1. The smallest absolute Gasteiger partial charge is 0.257 e. The van der Waals surface area contributed by atoms with Crippen molar-refractivity contribution in [3.63, 3.8) is 0 Å². The Balaban J connectivity index is 1.59. The summed E-state index contributed by atoms with van der Waals surface area (Å²) in [6, 6.07) is 10.8. The lowest BCUT2D eigenvalue weighted by atomic mass is 10.1. The van der Waals surface area contributed by atoms with Gasteiger partial charge in [-0.15, -0.1) is 0 Å². The summed E-state index contributed by atoms with van der Waals surface area (Å²) in [4.78, 5) is 12.8. The van der Waals surface area contributed by atoms with Gasteiger partial charge in [-0.3, -0.25) is 4.79 Å². The van der Waals surface area contributed by atoms with Crippen LogP contribution in [0.2, 0.25) is 0 Å². The first-order valence-electron chi connectivity index (χ1n) is 8.98. The molecular formula is C19H24N4O. The zero-order valence-electron chi connectivity index (χ0n) is 14.1. The highest BCUT2D eigenvalue weighted by Gasteiger charge is 2.32. The van der Waals surface area contributed by atoms with Crippen LogP contribution in [0, 0.1) is 0 Å². The van der Waals surface area contributed by atoms with Crippen LogP contribution >= 0.6 is 0 Å². The minimum atomic E-state index is 0.0289. The third-order valence-electron chi connectivity index (χ3n) is 5.15. The summed E-state index contributed by atoms with van der Waals surface area (Å²) in [7, 11) is 0. The van der Waals surface area contributed by atoms with E-state index in [2.05, 4.69) is 34.8 Å². The quantitative estimate of drug-likeness (QED) is 0.907. The second-order valence-corrected chi connectivity index (χ2v) is 6.77. The number of fused-ring (bicyclic) bond motifs is 1. The zero-order valence-corrected chi connectivity index (χ0v) is 14.1. The molecular weight excluding hydrogens is 300 g/mol. The number of aromatic nitrogens is 2. The van der Waals surface area contributed by atoms with Crippen molar-refractivity contribution in [2.45, 2.75) is 57.7 Å². The number of hydrogen-bond donors (Lipinski definition) is 2. The van der Waals surface area contributed by atoms with Crippen molar-refractivity contribution in [3.05, 3.63) is 47.2 Å². The Morgan fingerprint density at radius 2 is 2.04 bits per heavy atom. The fourth-order valence-corrected chi connectivity index (χ4v) is 3.86. The van der Waals surface area contributed by atoms with Crippen LogP contribution in [0.25, 0.3) is 0 Å². The van der Waals surface area contributed by atoms with Crippen LogP contribution in [0.4, 0.5) is 5.82 Å². The largest absolute Gasteiger partial charge is 0.361 e. The van der Waals surface area contributed by atoms with Crippen molar-refractivity contribution in [1.82, 2.24) is 15.1 Å². The minimum absolute atomic E-state index is 0.0289. The van der Waals surface area contributed by atoms with E-state index in [0.29, 0.717) is 6.04 Å². The lowest BCUT2D eigenvalue weighted by Gasteiger charge is -2.14. The Bertz CT molecular complexity index is 731. The summed E-state index contributed by atoms with van der Waals surface area (Å²) in [5.41, 5.74) is 2.85. The molecule has 0 saturated heterocycles. The normalized spacial score (nSPS) is 20.0. The first-order chi connectivity index (χ1) is 11.8. The molecule has 1 atom stereocenters. The topological polar surface area (TPSA) is 59.0 Å². The molecule has 1 saturated carbocycles. The molecule has 2 N–H and O–H groups in total. The molecule has 1 fully saturated rings. The first kappa shape index (κ1) is 15.2. The molecule has 5 nitrogen and oxygen atoms in total. The molecule has 0 spiro atoms. The van der Waals surface area contributed by atoms with Crippen LogP contribution in [0.5, 0.6) is 0 Å². The maximum atomic E-state index is 12.8. The molecule has 1 aliphatic carbocycles. The summed E-state index contributed by atoms with van der Waals surface area (Å²) < 4.78 is 1.96. The van der Waals surface area contributed by atoms with Gasteiger partial charge in [0, 0.05) is 6.04 Å². The number of aryl methyl sites for hydroxylation is 1. The van der Waals surface area contributed by atoms with Gasteiger partial charge in [-0.2, -0.15) is 5.10 Å². The van der Waals surface area contributed by atoms with E-state index in [0.717, 1.165) is 42.9 Å². The van der Waals surface area contributed by atoms with Gasteiger partial charge in [-0.1, -0.05) is 50.1 Å². The molecule has 4 rings (SSSR count). The van der Waals surface area contributed by atoms with E-state index >= 15 is 0 Å². The van der Waals surface area contributed by atoms with Crippen LogP contribution in [0.15, 0.2) is 30.3 Å². The van der Waals surface area contributed by atoms with E-state index in [-0.39, 0.29) is 11.9 Å². The van der Waals surface area contributed by atoms with Gasteiger partial charge in [-0.05, 0) is 24.8 Å². The molecule has 1 aromatic carbocycles. The van der Waals surface area contributed by atoms with E-state index in [4.69, 9.17) is 0 Å². The maximum Gasteiger partial charge on any atom is 0.257 e. The molecule has 1 aliphatic heterocycles. The van der Waals surface area contributed by atoms with Gasteiger partial charge in [-0.25, -0.2) is 4.68 Å². The Hall–Kier alpha value is -2.30. The standard InChI is InChI=1S/C19H24N4O/c1-2-15-17(19(24)20-14-10-6-7-11-14)18-21-16(12-23(18)22-15)13-8-4-3-5-9-13/h3-5,8-9,14,16,21H,2,6-7,10-12H2,1H3,(H,20,24)/t16-/m1/s1. The second kappa shape index (κ2) is 6.30. The number of benzene rings is 1. The fourth-order valence-electron chi connectivity index (χ4n) is 3.86. The van der Waals surface area contributed by atoms with Crippen molar-refractivity contribution in [2.75, 3.05) is 5.32 Å². The molecule has 0 unspecified atom stereocenters. The van der Waals surface area contributed by atoms with Crippen molar-refractivity contribution >= 4 is 11.7 Å². The lowest BCUT2D eigenvalue weighted by Crippen LogP contribution is -2.33. The number of nitrogens with zero attached hydrogens (tertiary/aromatic N) is 2. The molecule has 0 bridgehead atoms. The molecule has 1 aromatic heterocycles. The average Bonchev–Trinajstić information content (AvgIpc) is 3.30. The van der Waals surface area contributed by atoms with E-state index in [1.54, 1.807) is 0 Å². The van der Waals surface area contributed by atoms with Crippen molar-refractivity contribution in [2.24, 2.45) is 0 Å². The third kappa shape index (κ3) is 2.68. The van der Waals surface area contributed by atoms with Gasteiger partial charge >= 0.3 is 0 Å². The van der Waals surface area contributed by atoms with Crippen LogP contribution in [-0.2, 0) is 13.0 Å². The molecule has 24 heavy (non-hydrogen) atoms. The van der Waals surface area contributed by atoms with Gasteiger partial charge in [0.05, 0.1) is 18.3 Å². The Morgan fingerprint density at radius 3 is 2.75 bits per heavy atom. The van der Waals surface area contributed by atoms with Gasteiger partial charge in [0.15, 0.2) is 0 Å². The second-order valence-electron chi connectivity index (χ2n) is 6.77. The summed E-state index contributed by atoms with van der Waals surface area (Å²) in [5.74, 6) is 0.900. The summed E-state index contributed by atoms with van der Waals surface area (Å²) in [5, 5.41) is 11.4. The molecule has 0 radical (unpaired) electrons. The lowest BCUT2D eigenvalue weighted by molar-refractivity contribution is 0.0938. The van der Waals surface area contributed by atoms with Crippen LogP contribution in [-0.4, -0.2) is 21.7 Å². The third-order valence-corrected chi connectivity index (χ3v) is 5.15. The number of hydrogen-bond acceptors (Lipinski definition) is 3. The number of carbonyl (C=O) groups is 1. The molecule has 2 aliphatic rings. The Labute approximate surface area is 142 Å². The molecule has 5 heteroatoms. The predicted octanol–water partition coefficient (Wildman–Crippen LogP) is 3.28. The average molecular weight is 324 g/mol. The Kier molecular flexibility index (Phi) is 4.00. The summed E-state index contributed by atoms with van der Waals surface area (Å²) in [6.07, 6.45) is 5.39. The Morgan fingerprint density at radius 1 is 1.29 bits per heavy atom. The molecule has 2 aromatic rings. The first-order valence-corrected chi connectivity index (χ1v) is 8.98. The van der Waals surface area contributed by atoms with E-state index < -0.39 is 0 Å². The van der Waals surface area contributed by atoms with Crippen LogP contribution < -0.4 is 10.6 Å². The van der Waals surface area contributed by atoms with E-state index in [9.17, 15) is 4.79 Å². The molecule has 126 valence electrons. The highest BCUT2D eigenvalue weighted by atomic mass is 16.1. The monoisotopic (exact) mass is 324 g/mol. The van der Waals surface area contributed by atoms with E-state index in [1.165, 1.54) is 18.4 Å². The SMILES string of the molecule is CCc1nn2c(c1C(=O)NC1CCCC1)N[C@@H](c1ccccc1)C2. The van der Waals surface area contributed by atoms with Crippen molar-refractivity contribution in [1.29, 1.82) is 0 Å².